The van der Waals surface area contributed by atoms with E-state index in [1.54, 1.807) is 36.4 Å². The Hall–Kier alpha value is -2.15. The summed E-state index contributed by atoms with van der Waals surface area (Å²) in [6.45, 7) is -0.949. The molecule has 0 aliphatic carbocycles. The third-order valence-corrected chi connectivity index (χ3v) is 4.19. The number of halogens is 3. The number of hydrogen-bond acceptors (Lipinski definition) is 4. The number of carbonyl (C=O) groups excluding carboxylic acids is 1. The quantitative estimate of drug-likeness (QED) is 0.677. The lowest BCUT2D eigenvalue weighted by molar-refractivity contribution is 0.0710. The Balaban J connectivity index is 1.95. The highest BCUT2D eigenvalue weighted by molar-refractivity contribution is 6.35. The summed E-state index contributed by atoms with van der Waals surface area (Å²) in [5.41, 5.74) is 1.91. The van der Waals surface area contributed by atoms with Gasteiger partial charge in [-0.2, -0.15) is 0 Å². The van der Waals surface area contributed by atoms with Gasteiger partial charge in [0.1, 0.15) is 12.2 Å². The summed E-state index contributed by atoms with van der Waals surface area (Å²) in [5.74, 6) is -0.0627. The van der Waals surface area contributed by atoms with E-state index in [4.69, 9.17) is 32.7 Å². The van der Waals surface area contributed by atoms with E-state index in [-0.39, 0.29) is 25.6 Å². The van der Waals surface area contributed by atoms with Gasteiger partial charge in [-0.25, -0.2) is 9.37 Å². The number of aromatic nitrogens is 1. The third-order valence-electron chi connectivity index (χ3n) is 3.76. The largest absolute Gasteiger partial charge is 0.436 e. The molecular formula is C18H15Cl2FN2O3. The van der Waals surface area contributed by atoms with Gasteiger partial charge in [-0.05, 0) is 36.4 Å². The lowest BCUT2D eigenvalue weighted by Gasteiger charge is -2.20. The number of benzene rings is 2. The Morgan fingerprint density at radius 3 is 2.54 bits per heavy atom. The number of aliphatic hydroxyl groups excluding tert-OH is 1. The first-order valence-corrected chi connectivity index (χ1v) is 8.60. The van der Waals surface area contributed by atoms with E-state index < -0.39 is 6.67 Å². The monoisotopic (exact) mass is 396 g/mol. The standard InChI is InChI=1S/C18H15Cl2FN2O3/c19-13-7-12(8-14(20)10-13)17-22-15-2-1-11(9-16(15)26-17)18(25)23(4-3-21)5-6-24/h1-2,7-10,24H,3-6H2. The number of nitrogens with zero attached hydrogens (tertiary/aromatic N) is 2. The van der Waals surface area contributed by atoms with E-state index in [1.165, 1.54) is 4.90 Å². The first-order chi connectivity index (χ1) is 12.5. The fourth-order valence-corrected chi connectivity index (χ4v) is 3.10. The van der Waals surface area contributed by atoms with E-state index in [0.29, 0.717) is 38.2 Å². The van der Waals surface area contributed by atoms with Gasteiger partial charge in [0.05, 0.1) is 6.61 Å². The van der Waals surface area contributed by atoms with Gasteiger partial charge < -0.3 is 14.4 Å². The van der Waals surface area contributed by atoms with Crippen molar-refractivity contribution in [1.29, 1.82) is 0 Å². The number of oxazole rings is 1. The van der Waals surface area contributed by atoms with Gasteiger partial charge in [-0.1, -0.05) is 23.2 Å². The first-order valence-electron chi connectivity index (χ1n) is 7.85. The molecule has 0 bridgehead atoms. The number of hydrogen-bond donors (Lipinski definition) is 1. The van der Waals surface area contributed by atoms with Crippen LogP contribution in [0.25, 0.3) is 22.6 Å². The molecule has 26 heavy (non-hydrogen) atoms. The first kappa shape index (κ1) is 18.6. The SMILES string of the molecule is O=C(c1ccc2nc(-c3cc(Cl)cc(Cl)c3)oc2c1)N(CCO)CCF. The lowest BCUT2D eigenvalue weighted by Crippen LogP contribution is -2.35. The van der Waals surface area contributed by atoms with Crippen molar-refractivity contribution in [1.82, 2.24) is 9.88 Å². The van der Waals surface area contributed by atoms with Gasteiger partial charge in [0, 0.05) is 34.3 Å². The molecule has 1 heterocycles. The van der Waals surface area contributed by atoms with Crippen molar-refractivity contribution in [2.24, 2.45) is 0 Å². The number of alkyl halides is 1. The Morgan fingerprint density at radius 2 is 1.88 bits per heavy atom. The van der Waals surface area contributed by atoms with Gasteiger partial charge >= 0.3 is 0 Å². The molecule has 5 nitrogen and oxygen atoms in total. The van der Waals surface area contributed by atoms with E-state index >= 15 is 0 Å². The van der Waals surface area contributed by atoms with Gasteiger partial charge in [0.2, 0.25) is 5.89 Å². The number of aliphatic hydroxyl groups is 1. The van der Waals surface area contributed by atoms with Crippen LogP contribution in [0.5, 0.6) is 0 Å². The Bertz CT molecular complexity index is 919. The number of amides is 1. The van der Waals surface area contributed by atoms with Crippen LogP contribution in [0, 0.1) is 0 Å². The normalized spacial score (nSPS) is 11.1. The minimum atomic E-state index is -0.685. The molecule has 0 saturated heterocycles. The highest BCUT2D eigenvalue weighted by Gasteiger charge is 2.17. The van der Waals surface area contributed by atoms with Crippen LogP contribution in [0.15, 0.2) is 40.8 Å². The Morgan fingerprint density at radius 1 is 1.15 bits per heavy atom. The van der Waals surface area contributed by atoms with Crippen molar-refractivity contribution in [2.45, 2.75) is 0 Å². The summed E-state index contributed by atoms with van der Waals surface area (Å²) < 4.78 is 18.4. The average Bonchev–Trinajstić information content (AvgIpc) is 3.03. The molecule has 3 rings (SSSR count). The maximum absolute atomic E-state index is 12.6. The van der Waals surface area contributed by atoms with Crippen molar-refractivity contribution >= 4 is 40.2 Å². The summed E-state index contributed by atoms with van der Waals surface area (Å²) in [6, 6.07) is 9.73. The maximum atomic E-state index is 12.6. The molecule has 3 aromatic rings. The van der Waals surface area contributed by atoms with E-state index in [2.05, 4.69) is 4.98 Å². The second kappa shape index (κ2) is 8.03. The molecule has 0 spiro atoms. The molecule has 1 N–H and O–H groups in total. The van der Waals surface area contributed by atoms with Crippen molar-refractivity contribution in [2.75, 3.05) is 26.4 Å². The zero-order chi connectivity index (χ0) is 18.7. The number of fused-ring (bicyclic) bond motifs is 1. The van der Waals surface area contributed by atoms with Crippen LogP contribution in [-0.2, 0) is 0 Å². The zero-order valence-electron chi connectivity index (χ0n) is 13.6. The van der Waals surface area contributed by atoms with Crippen LogP contribution in [0.4, 0.5) is 4.39 Å². The molecule has 0 unspecified atom stereocenters. The molecule has 0 aliphatic heterocycles. The summed E-state index contributed by atoms with van der Waals surface area (Å²) in [7, 11) is 0. The zero-order valence-corrected chi connectivity index (χ0v) is 15.1. The molecule has 8 heteroatoms. The summed E-state index contributed by atoms with van der Waals surface area (Å²) >= 11 is 12.0. The fourth-order valence-electron chi connectivity index (χ4n) is 2.58. The third kappa shape index (κ3) is 3.98. The fraction of sp³-hybridized carbons (Fsp3) is 0.222. The van der Waals surface area contributed by atoms with Crippen LogP contribution < -0.4 is 0 Å². The van der Waals surface area contributed by atoms with Crippen molar-refractivity contribution < 1.29 is 18.7 Å². The van der Waals surface area contributed by atoms with Crippen molar-refractivity contribution in [3.05, 3.63) is 52.0 Å². The Labute approximate surface area is 158 Å². The predicted molar refractivity (Wildman–Crippen MR) is 98.4 cm³/mol. The van der Waals surface area contributed by atoms with Crippen LogP contribution >= 0.6 is 23.2 Å². The molecule has 2 aromatic carbocycles. The molecule has 1 amide bonds. The minimum absolute atomic E-state index is 0.0590. The number of rotatable bonds is 6. The summed E-state index contributed by atoms with van der Waals surface area (Å²) in [4.78, 5) is 18.1. The molecule has 136 valence electrons. The van der Waals surface area contributed by atoms with Crippen molar-refractivity contribution in [3.8, 4) is 11.5 Å². The van der Waals surface area contributed by atoms with E-state index in [1.807, 2.05) is 0 Å². The van der Waals surface area contributed by atoms with Crippen LogP contribution in [0.1, 0.15) is 10.4 Å². The van der Waals surface area contributed by atoms with Crippen LogP contribution in [0.3, 0.4) is 0 Å². The molecule has 1 aromatic heterocycles. The molecule has 0 aliphatic rings. The number of carbonyl (C=O) groups is 1. The smallest absolute Gasteiger partial charge is 0.254 e. The topological polar surface area (TPSA) is 66.6 Å². The maximum Gasteiger partial charge on any atom is 0.254 e. The van der Waals surface area contributed by atoms with Gasteiger partial charge in [-0.3, -0.25) is 4.79 Å². The summed E-state index contributed by atoms with van der Waals surface area (Å²) in [6.07, 6.45) is 0. The van der Waals surface area contributed by atoms with Gasteiger partial charge in [0.25, 0.3) is 5.91 Å². The van der Waals surface area contributed by atoms with Gasteiger partial charge in [-0.15, -0.1) is 0 Å². The Kier molecular flexibility index (Phi) is 5.76. The van der Waals surface area contributed by atoms with E-state index in [0.717, 1.165) is 0 Å². The molecular weight excluding hydrogens is 382 g/mol. The molecule has 0 fully saturated rings. The minimum Gasteiger partial charge on any atom is -0.436 e. The highest BCUT2D eigenvalue weighted by Crippen LogP contribution is 2.29. The summed E-state index contributed by atoms with van der Waals surface area (Å²) in [5, 5.41) is 9.95. The second-order valence-corrected chi connectivity index (χ2v) is 6.44. The molecule has 0 radical (unpaired) electrons. The van der Waals surface area contributed by atoms with Crippen molar-refractivity contribution in [3.63, 3.8) is 0 Å². The average molecular weight is 397 g/mol. The predicted octanol–water partition coefficient (Wildman–Crippen LogP) is 4.21. The lowest BCUT2D eigenvalue weighted by atomic mass is 10.2. The van der Waals surface area contributed by atoms with E-state index in [9.17, 15) is 9.18 Å². The van der Waals surface area contributed by atoms with Crippen LogP contribution in [0.2, 0.25) is 10.0 Å². The molecule has 0 atom stereocenters. The highest BCUT2D eigenvalue weighted by atomic mass is 35.5. The second-order valence-electron chi connectivity index (χ2n) is 5.56. The van der Waals surface area contributed by atoms with Crippen LogP contribution in [-0.4, -0.2) is 47.3 Å². The van der Waals surface area contributed by atoms with Gasteiger partial charge in [0.15, 0.2) is 5.58 Å². The molecule has 0 saturated carbocycles.